The van der Waals surface area contributed by atoms with Gasteiger partial charge in [-0.25, -0.2) is 0 Å². The van der Waals surface area contributed by atoms with Crippen LogP contribution in [0.15, 0.2) is 0 Å². The van der Waals surface area contributed by atoms with E-state index in [1.54, 1.807) is 0 Å². The van der Waals surface area contributed by atoms with Crippen molar-refractivity contribution in [3.63, 3.8) is 0 Å². The molecule has 0 spiro atoms. The molecule has 2 fully saturated rings. The van der Waals surface area contributed by atoms with Gasteiger partial charge in [-0.15, -0.1) is 0 Å². The summed E-state index contributed by atoms with van der Waals surface area (Å²) in [7, 11) is 0. The molecule has 0 aromatic rings. The molecule has 4 nitrogen and oxygen atoms in total. The number of carbonyl (C=O) groups is 1. The molecule has 2 aliphatic heterocycles. The minimum absolute atomic E-state index is 0.0136. The molecule has 21 heavy (non-hydrogen) atoms. The average Bonchev–Trinajstić information content (AvgIpc) is 2.45. The molecular formula is C14H23F3N2O2. The summed E-state index contributed by atoms with van der Waals surface area (Å²) >= 11 is 0. The summed E-state index contributed by atoms with van der Waals surface area (Å²) in [6.07, 6.45) is -2.15. The number of hydrogen-bond acceptors (Lipinski definition) is 3. The molecule has 2 heterocycles. The molecule has 2 aliphatic rings. The molecule has 1 amide bonds. The van der Waals surface area contributed by atoms with Crippen LogP contribution in [0.3, 0.4) is 0 Å². The van der Waals surface area contributed by atoms with E-state index in [9.17, 15) is 18.0 Å². The molecule has 2 atom stereocenters. The quantitative estimate of drug-likeness (QED) is 0.836. The van der Waals surface area contributed by atoms with Gasteiger partial charge in [-0.1, -0.05) is 6.92 Å². The van der Waals surface area contributed by atoms with Crippen molar-refractivity contribution in [3.8, 4) is 0 Å². The third kappa shape index (κ3) is 4.57. The first-order valence-corrected chi connectivity index (χ1v) is 7.46. The van der Waals surface area contributed by atoms with Crippen LogP contribution in [-0.2, 0) is 9.53 Å². The fraction of sp³-hybridized carbons (Fsp3) is 0.929. The van der Waals surface area contributed by atoms with Crippen LogP contribution in [0.1, 0.15) is 32.6 Å². The van der Waals surface area contributed by atoms with Gasteiger partial charge < -0.3 is 15.4 Å². The van der Waals surface area contributed by atoms with Crippen molar-refractivity contribution in [2.45, 2.75) is 44.8 Å². The number of ether oxygens (including phenoxy) is 1. The van der Waals surface area contributed by atoms with Crippen LogP contribution in [0, 0.1) is 11.3 Å². The van der Waals surface area contributed by atoms with Crippen molar-refractivity contribution >= 4 is 5.91 Å². The molecule has 122 valence electrons. The Kier molecular flexibility index (Phi) is 5.14. The SMILES string of the molecule is CC1(CNC(=O)C2CCC(C(F)(F)F)CN2)CCOCC1. The largest absolute Gasteiger partial charge is 0.393 e. The fourth-order valence-corrected chi connectivity index (χ4v) is 2.82. The second-order valence-corrected chi connectivity index (χ2v) is 6.42. The molecule has 2 saturated heterocycles. The smallest absolute Gasteiger partial charge is 0.381 e. The summed E-state index contributed by atoms with van der Waals surface area (Å²) in [6, 6.07) is -0.507. The highest BCUT2D eigenvalue weighted by atomic mass is 19.4. The number of amides is 1. The van der Waals surface area contributed by atoms with Gasteiger partial charge in [-0.2, -0.15) is 13.2 Å². The second kappa shape index (κ2) is 6.52. The number of hydrogen-bond donors (Lipinski definition) is 2. The van der Waals surface area contributed by atoms with Gasteiger partial charge in [0.25, 0.3) is 0 Å². The second-order valence-electron chi connectivity index (χ2n) is 6.42. The van der Waals surface area contributed by atoms with E-state index in [-0.39, 0.29) is 30.7 Å². The highest BCUT2D eigenvalue weighted by Gasteiger charge is 2.42. The lowest BCUT2D eigenvalue weighted by atomic mass is 9.82. The van der Waals surface area contributed by atoms with Crippen LogP contribution in [0.25, 0.3) is 0 Å². The Morgan fingerprint density at radius 1 is 1.33 bits per heavy atom. The molecule has 2 unspecified atom stereocenters. The molecule has 0 radical (unpaired) electrons. The van der Waals surface area contributed by atoms with Crippen molar-refractivity contribution in [1.29, 1.82) is 0 Å². The van der Waals surface area contributed by atoms with E-state index in [1.807, 2.05) is 0 Å². The van der Waals surface area contributed by atoms with Gasteiger partial charge in [0.2, 0.25) is 5.91 Å². The predicted octanol–water partition coefficient (Wildman–Crippen LogP) is 1.85. The maximum atomic E-state index is 12.6. The maximum absolute atomic E-state index is 12.6. The number of alkyl halides is 3. The average molecular weight is 308 g/mol. The Morgan fingerprint density at radius 2 is 2.00 bits per heavy atom. The molecule has 0 aromatic heterocycles. The first-order chi connectivity index (χ1) is 9.80. The highest BCUT2D eigenvalue weighted by molar-refractivity contribution is 5.81. The van der Waals surface area contributed by atoms with Crippen LogP contribution in [0.5, 0.6) is 0 Å². The fourth-order valence-electron chi connectivity index (χ4n) is 2.82. The third-order valence-electron chi connectivity index (χ3n) is 4.58. The minimum atomic E-state index is -4.18. The van der Waals surface area contributed by atoms with Crippen LogP contribution in [0.2, 0.25) is 0 Å². The van der Waals surface area contributed by atoms with E-state index in [0.29, 0.717) is 19.8 Å². The molecule has 2 N–H and O–H groups in total. The van der Waals surface area contributed by atoms with E-state index in [4.69, 9.17) is 4.74 Å². The molecule has 2 rings (SSSR count). The Hall–Kier alpha value is -0.820. The number of rotatable bonds is 3. The first-order valence-electron chi connectivity index (χ1n) is 7.46. The summed E-state index contributed by atoms with van der Waals surface area (Å²) in [6.45, 7) is 3.87. The van der Waals surface area contributed by atoms with E-state index in [2.05, 4.69) is 17.6 Å². The minimum Gasteiger partial charge on any atom is -0.381 e. The number of carbonyl (C=O) groups excluding carboxylic acids is 1. The summed E-state index contributed by atoms with van der Waals surface area (Å²) in [4.78, 5) is 12.1. The summed E-state index contributed by atoms with van der Waals surface area (Å²) in [5, 5.41) is 5.60. The van der Waals surface area contributed by atoms with Crippen molar-refractivity contribution in [1.82, 2.24) is 10.6 Å². The van der Waals surface area contributed by atoms with Crippen LogP contribution < -0.4 is 10.6 Å². The van der Waals surface area contributed by atoms with Gasteiger partial charge in [-0.3, -0.25) is 4.79 Å². The monoisotopic (exact) mass is 308 g/mol. The van der Waals surface area contributed by atoms with E-state index in [1.165, 1.54) is 0 Å². The third-order valence-corrected chi connectivity index (χ3v) is 4.58. The molecule has 0 aromatic carbocycles. The summed E-state index contributed by atoms with van der Waals surface area (Å²) in [5.74, 6) is -1.53. The maximum Gasteiger partial charge on any atom is 0.393 e. The highest BCUT2D eigenvalue weighted by Crippen LogP contribution is 2.32. The van der Waals surface area contributed by atoms with E-state index < -0.39 is 18.1 Å². The van der Waals surface area contributed by atoms with Gasteiger partial charge in [0, 0.05) is 26.3 Å². The Morgan fingerprint density at radius 3 is 2.52 bits per heavy atom. The van der Waals surface area contributed by atoms with Crippen molar-refractivity contribution in [2.24, 2.45) is 11.3 Å². The summed E-state index contributed by atoms with van der Waals surface area (Å²) in [5.41, 5.74) is 0.0249. The van der Waals surface area contributed by atoms with Gasteiger partial charge in [0.05, 0.1) is 12.0 Å². The lowest BCUT2D eigenvalue weighted by Gasteiger charge is -2.35. The zero-order chi connectivity index (χ0) is 15.5. The lowest BCUT2D eigenvalue weighted by molar-refractivity contribution is -0.180. The molecule has 0 saturated carbocycles. The van der Waals surface area contributed by atoms with E-state index in [0.717, 1.165) is 12.8 Å². The molecule has 0 bridgehead atoms. The lowest BCUT2D eigenvalue weighted by Crippen LogP contribution is -2.52. The number of nitrogens with one attached hydrogen (secondary N) is 2. The Labute approximate surface area is 122 Å². The van der Waals surface area contributed by atoms with Crippen molar-refractivity contribution < 1.29 is 22.7 Å². The number of piperidine rings is 1. The Balaban J connectivity index is 1.75. The zero-order valence-corrected chi connectivity index (χ0v) is 12.3. The van der Waals surface area contributed by atoms with Crippen LogP contribution in [0.4, 0.5) is 13.2 Å². The van der Waals surface area contributed by atoms with Crippen LogP contribution in [-0.4, -0.2) is 44.4 Å². The van der Waals surface area contributed by atoms with Crippen molar-refractivity contribution in [3.05, 3.63) is 0 Å². The Bertz CT molecular complexity index is 360. The van der Waals surface area contributed by atoms with Gasteiger partial charge in [0.15, 0.2) is 0 Å². The molecule has 0 aliphatic carbocycles. The van der Waals surface area contributed by atoms with E-state index >= 15 is 0 Å². The van der Waals surface area contributed by atoms with Gasteiger partial charge >= 0.3 is 6.18 Å². The van der Waals surface area contributed by atoms with Gasteiger partial charge in [-0.05, 0) is 31.1 Å². The summed E-state index contributed by atoms with van der Waals surface area (Å²) < 4.78 is 43.0. The topological polar surface area (TPSA) is 50.4 Å². The molecule has 7 heteroatoms. The molecular weight excluding hydrogens is 285 g/mol. The van der Waals surface area contributed by atoms with Crippen LogP contribution >= 0.6 is 0 Å². The first kappa shape index (κ1) is 16.5. The van der Waals surface area contributed by atoms with Gasteiger partial charge in [0.1, 0.15) is 0 Å². The number of halogens is 3. The van der Waals surface area contributed by atoms with Crippen molar-refractivity contribution in [2.75, 3.05) is 26.3 Å². The zero-order valence-electron chi connectivity index (χ0n) is 12.3. The predicted molar refractivity (Wildman–Crippen MR) is 71.7 cm³/mol. The standard InChI is InChI=1S/C14H23F3N2O2/c1-13(4-6-21-7-5-13)9-19-12(20)11-3-2-10(8-18-11)14(15,16)17/h10-11,18H,2-9H2,1H3,(H,19,20). The normalized spacial score (nSPS) is 29.9.